The number of imide groups is 1. The molecule has 2 rings (SSSR count). The van der Waals surface area contributed by atoms with E-state index >= 15 is 0 Å². The zero-order valence-corrected chi connectivity index (χ0v) is 15.1. The van der Waals surface area contributed by atoms with Gasteiger partial charge in [-0.2, -0.15) is 0 Å². The van der Waals surface area contributed by atoms with Gasteiger partial charge in [-0.3, -0.25) is 14.5 Å². The fraction of sp³-hybridized carbons (Fsp3) is 0.529. The molecule has 2 heterocycles. The number of aryl methyl sites for hydroxylation is 1. The number of Topliss-reactive ketones (excluding diaryl/α,β-unsaturated/α-hetero) is 1. The highest BCUT2D eigenvalue weighted by molar-refractivity contribution is 6.10. The molecule has 1 saturated heterocycles. The number of ether oxygens (including phenoxy) is 1. The molecule has 0 radical (unpaired) electrons. The molecule has 1 atom stereocenters. The van der Waals surface area contributed by atoms with Crippen molar-refractivity contribution in [1.29, 1.82) is 0 Å². The van der Waals surface area contributed by atoms with E-state index in [-0.39, 0.29) is 24.8 Å². The smallest absolute Gasteiger partial charge is 0.340 e. The van der Waals surface area contributed by atoms with Crippen molar-refractivity contribution in [3.05, 3.63) is 22.5 Å². The molecule has 136 valence electrons. The van der Waals surface area contributed by atoms with Crippen LogP contribution in [0.1, 0.15) is 52.9 Å². The quantitative estimate of drug-likeness (QED) is 0.460. The predicted molar refractivity (Wildman–Crippen MR) is 89.4 cm³/mol. The van der Waals surface area contributed by atoms with Crippen LogP contribution >= 0.6 is 0 Å². The summed E-state index contributed by atoms with van der Waals surface area (Å²) in [5.41, 5.74) is 1.47. The molecule has 0 aliphatic carbocycles. The lowest BCUT2D eigenvalue weighted by Gasteiger charge is -2.13. The molecular formula is C17H23N3O5. The predicted octanol–water partition coefficient (Wildman–Crippen LogP) is 1.57. The second-order valence-corrected chi connectivity index (χ2v) is 6.36. The summed E-state index contributed by atoms with van der Waals surface area (Å²) in [5, 5.41) is 2.58. The number of urea groups is 1. The average molecular weight is 349 g/mol. The SMILES string of the molecule is CCOC(=O)c1c(C)[nH]c(C(=O)CN2C(=O)N[C@@H](C(C)C)C2=O)c1C. The molecule has 1 fully saturated rings. The highest BCUT2D eigenvalue weighted by Gasteiger charge is 2.40. The highest BCUT2D eigenvalue weighted by Crippen LogP contribution is 2.21. The second kappa shape index (κ2) is 7.08. The Morgan fingerprint density at radius 2 is 1.88 bits per heavy atom. The summed E-state index contributed by atoms with van der Waals surface area (Å²) >= 11 is 0. The number of esters is 1. The molecule has 1 aromatic heterocycles. The molecule has 3 amide bonds. The maximum absolute atomic E-state index is 12.6. The van der Waals surface area contributed by atoms with Crippen molar-refractivity contribution in [3.63, 3.8) is 0 Å². The van der Waals surface area contributed by atoms with Gasteiger partial charge in [0, 0.05) is 5.69 Å². The number of carbonyl (C=O) groups is 4. The van der Waals surface area contributed by atoms with Crippen LogP contribution in [0, 0.1) is 19.8 Å². The van der Waals surface area contributed by atoms with Crippen LogP contribution in [-0.2, 0) is 9.53 Å². The molecule has 0 saturated carbocycles. The van der Waals surface area contributed by atoms with Gasteiger partial charge >= 0.3 is 12.0 Å². The Hall–Kier alpha value is -2.64. The van der Waals surface area contributed by atoms with E-state index in [0.717, 1.165) is 4.90 Å². The summed E-state index contributed by atoms with van der Waals surface area (Å²) < 4.78 is 4.99. The lowest BCUT2D eigenvalue weighted by Crippen LogP contribution is -2.37. The lowest BCUT2D eigenvalue weighted by atomic mass is 10.0. The molecule has 0 bridgehead atoms. The number of hydrogen-bond acceptors (Lipinski definition) is 5. The lowest BCUT2D eigenvalue weighted by molar-refractivity contribution is -0.128. The number of H-pyrrole nitrogens is 1. The van der Waals surface area contributed by atoms with Crippen molar-refractivity contribution >= 4 is 23.7 Å². The van der Waals surface area contributed by atoms with E-state index < -0.39 is 29.7 Å². The Bertz CT molecular complexity index is 735. The van der Waals surface area contributed by atoms with Gasteiger partial charge in [0.25, 0.3) is 5.91 Å². The topological polar surface area (TPSA) is 109 Å². The fourth-order valence-electron chi connectivity index (χ4n) is 2.90. The first-order valence-electron chi connectivity index (χ1n) is 8.20. The first-order chi connectivity index (χ1) is 11.7. The first kappa shape index (κ1) is 18.7. The van der Waals surface area contributed by atoms with Crippen molar-refractivity contribution in [2.75, 3.05) is 13.2 Å². The van der Waals surface area contributed by atoms with Gasteiger partial charge < -0.3 is 15.0 Å². The Balaban J connectivity index is 2.22. The molecule has 1 aliphatic heterocycles. The Morgan fingerprint density at radius 3 is 2.40 bits per heavy atom. The Morgan fingerprint density at radius 1 is 1.24 bits per heavy atom. The molecule has 25 heavy (non-hydrogen) atoms. The number of ketones is 1. The van der Waals surface area contributed by atoms with E-state index in [2.05, 4.69) is 10.3 Å². The van der Waals surface area contributed by atoms with Gasteiger partial charge in [-0.25, -0.2) is 9.59 Å². The van der Waals surface area contributed by atoms with Crippen molar-refractivity contribution in [2.45, 2.75) is 40.7 Å². The zero-order chi connectivity index (χ0) is 18.9. The van der Waals surface area contributed by atoms with Gasteiger partial charge in [0.2, 0.25) is 0 Å². The largest absolute Gasteiger partial charge is 0.462 e. The van der Waals surface area contributed by atoms with Crippen LogP contribution < -0.4 is 5.32 Å². The monoisotopic (exact) mass is 349 g/mol. The van der Waals surface area contributed by atoms with Gasteiger partial charge in [-0.1, -0.05) is 13.8 Å². The summed E-state index contributed by atoms with van der Waals surface area (Å²) in [4.78, 5) is 52.6. The van der Waals surface area contributed by atoms with E-state index in [1.165, 1.54) is 0 Å². The number of amides is 3. The number of rotatable bonds is 6. The van der Waals surface area contributed by atoms with Gasteiger partial charge in [0.15, 0.2) is 5.78 Å². The Labute approximate surface area is 145 Å². The summed E-state index contributed by atoms with van der Waals surface area (Å²) in [6.07, 6.45) is 0. The minimum absolute atomic E-state index is 0.0681. The van der Waals surface area contributed by atoms with Gasteiger partial charge in [-0.05, 0) is 32.3 Å². The molecule has 0 spiro atoms. The van der Waals surface area contributed by atoms with E-state index in [9.17, 15) is 19.2 Å². The molecule has 1 aliphatic rings. The maximum Gasteiger partial charge on any atom is 0.340 e. The summed E-state index contributed by atoms with van der Waals surface area (Å²) in [6, 6.07) is -1.20. The number of aromatic amines is 1. The van der Waals surface area contributed by atoms with Crippen LogP contribution in [0.5, 0.6) is 0 Å². The molecule has 8 heteroatoms. The zero-order valence-electron chi connectivity index (χ0n) is 15.1. The van der Waals surface area contributed by atoms with Gasteiger partial charge in [0.05, 0.1) is 24.4 Å². The van der Waals surface area contributed by atoms with Crippen LogP contribution in [0.2, 0.25) is 0 Å². The summed E-state index contributed by atoms with van der Waals surface area (Å²) in [5.74, 6) is -1.44. The maximum atomic E-state index is 12.6. The number of aromatic nitrogens is 1. The van der Waals surface area contributed by atoms with Gasteiger partial charge in [-0.15, -0.1) is 0 Å². The highest BCUT2D eigenvalue weighted by atomic mass is 16.5. The number of hydrogen-bond donors (Lipinski definition) is 2. The third-order valence-electron chi connectivity index (χ3n) is 4.22. The van der Waals surface area contributed by atoms with E-state index in [0.29, 0.717) is 16.8 Å². The fourth-order valence-corrected chi connectivity index (χ4v) is 2.90. The Kier molecular flexibility index (Phi) is 5.30. The first-order valence-corrected chi connectivity index (χ1v) is 8.20. The minimum Gasteiger partial charge on any atom is -0.462 e. The third kappa shape index (κ3) is 3.42. The van der Waals surface area contributed by atoms with Crippen LogP contribution in [0.25, 0.3) is 0 Å². The van der Waals surface area contributed by atoms with Crippen LogP contribution in [0.15, 0.2) is 0 Å². The van der Waals surface area contributed by atoms with E-state index in [1.54, 1.807) is 20.8 Å². The normalized spacial score (nSPS) is 17.2. The van der Waals surface area contributed by atoms with Gasteiger partial charge in [0.1, 0.15) is 6.04 Å². The number of nitrogens with one attached hydrogen (secondary N) is 2. The van der Waals surface area contributed by atoms with Crippen molar-refractivity contribution in [2.24, 2.45) is 5.92 Å². The van der Waals surface area contributed by atoms with E-state index in [4.69, 9.17) is 4.74 Å². The van der Waals surface area contributed by atoms with Crippen molar-refractivity contribution in [1.82, 2.24) is 15.2 Å². The van der Waals surface area contributed by atoms with Crippen molar-refractivity contribution < 1.29 is 23.9 Å². The van der Waals surface area contributed by atoms with Crippen LogP contribution in [-0.4, -0.2) is 52.8 Å². The molecule has 1 aromatic rings. The molecule has 8 nitrogen and oxygen atoms in total. The minimum atomic E-state index is -0.623. The molecule has 0 unspecified atom stereocenters. The number of nitrogens with zero attached hydrogens (tertiary/aromatic N) is 1. The molecule has 0 aromatic carbocycles. The van der Waals surface area contributed by atoms with Crippen LogP contribution in [0.4, 0.5) is 4.79 Å². The second-order valence-electron chi connectivity index (χ2n) is 6.36. The molecular weight excluding hydrogens is 326 g/mol. The van der Waals surface area contributed by atoms with E-state index in [1.807, 2.05) is 13.8 Å². The average Bonchev–Trinajstić information content (AvgIpc) is 2.98. The summed E-state index contributed by atoms with van der Waals surface area (Å²) in [7, 11) is 0. The number of carbonyl (C=O) groups excluding carboxylic acids is 4. The standard InChI is InChI=1S/C17H23N3O5/c1-6-25-16(23)12-9(4)14(18-10(12)5)11(21)7-20-15(22)13(8(2)3)19-17(20)24/h8,13,18H,6-7H2,1-5H3,(H,19,24)/t13-/m0/s1. The van der Waals surface area contributed by atoms with Crippen LogP contribution in [0.3, 0.4) is 0 Å². The third-order valence-corrected chi connectivity index (χ3v) is 4.22. The molecule has 2 N–H and O–H groups in total. The summed E-state index contributed by atoms with van der Waals surface area (Å²) in [6.45, 7) is 8.48. The van der Waals surface area contributed by atoms with Crippen molar-refractivity contribution in [3.8, 4) is 0 Å².